The number of rotatable bonds is 5. The van der Waals surface area contributed by atoms with E-state index in [0.717, 1.165) is 0 Å². The van der Waals surface area contributed by atoms with E-state index in [0.29, 0.717) is 5.69 Å². The second-order valence-corrected chi connectivity index (χ2v) is 5.45. The number of hydrogen-bond donors (Lipinski definition) is 2. The molecule has 0 atom stereocenters. The molecule has 0 spiro atoms. The summed E-state index contributed by atoms with van der Waals surface area (Å²) in [5.74, 6) is -0.0312. The fourth-order valence-corrected chi connectivity index (χ4v) is 1.97. The molecule has 1 heterocycles. The highest BCUT2D eigenvalue weighted by molar-refractivity contribution is 7.89. The number of primary sulfonamides is 1. The Labute approximate surface area is 116 Å². The number of nitrogens with one attached hydrogen (secondary N) is 1. The fourth-order valence-electron chi connectivity index (χ4n) is 1.46. The van der Waals surface area contributed by atoms with Crippen molar-refractivity contribution in [3.63, 3.8) is 0 Å². The van der Waals surface area contributed by atoms with Crippen molar-refractivity contribution >= 4 is 21.5 Å². The number of furan rings is 1. The number of sulfonamides is 1. The quantitative estimate of drug-likeness (QED) is 0.645. The van der Waals surface area contributed by atoms with Gasteiger partial charge in [0.2, 0.25) is 15.8 Å². The van der Waals surface area contributed by atoms with Crippen molar-refractivity contribution in [3.8, 4) is 0 Å². The molecule has 0 saturated heterocycles. The van der Waals surface area contributed by atoms with Crippen LogP contribution in [0.2, 0.25) is 0 Å². The maximum atomic E-state index is 11.6. The molecule has 0 unspecified atom stereocenters. The van der Waals surface area contributed by atoms with Gasteiger partial charge in [-0.1, -0.05) is 0 Å². The minimum Gasteiger partial charge on any atom is -0.461 e. The maximum absolute atomic E-state index is 11.6. The van der Waals surface area contributed by atoms with E-state index in [1.165, 1.54) is 30.7 Å². The smallest absolute Gasteiger partial charge is 0.238 e. The second kappa shape index (κ2) is 5.72. The molecule has 6 nitrogen and oxygen atoms in total. The van der Waals surface area contributed by atoms with Crippen LogP contribution < -0.4 is 10.5 Å². The minimum absolute atomic E-state index is 0.0266. The van der Waals surface area contributed by atoms with Crippen LogP contribution in [-0.4, -0.2) is 14.2 Å². The van der Waals surface area contributed by atoms with Gasteiger partial charge in [-0.25, -0.2) is 13.6 Å². The number of anilines is 1. The molecule has 0 saturated carbocycles. The van der Waals surface area contributed by atoms with Crippen LogP contribution in [0, 0.1) is 0 Å². The summed E-state index contributed by atoms with van der Waals surface area (Å²) in [4.78, 5) is 11.6. The van der Waals surface area contributed by atoms with Gasteiger partial charge in [-0.15, -0.1) is 0 Å². The van der Waals surface area contributed by atoms with Crippen LogP contribution in [-0.2, 0) is 10.0 Å². The van der Waals surface area contributed by atoms with E-state index in [-0.39, 0.29) is 16.4 Å². The second-order valence-electron chi connectivity index (χ2n) is 3.89. The molecule has 1 aromatic heterocycles. The molecular weight excluding hydrogens is 280 g/mol. The van der Waals surface area contributed by atoms with E-state index in [1.807, 2.05) is 0 Å². The third-order valence-electron chi connectivity index (χ3n) is 2.43. The first-order valence-corrected chi connectivity index (χ1v) is 7.15. The predicted octanol–water partition coefficient (Wildman–Crippen LogP) is 1.74. The first kappa shape index (κ1) is 14.0. The maximum Gasteiger partial charge on any atom is 0.238 e. The molecule has 3 N–H and O–H groups in total. The molecule has 1 aromatic carbocycles. The number of carbonyl (C=O) groups is 1. The molecule has 0 aliphatic rings. The summed E-state index contributed by atoms with van der Waals surface area (Å²) in [6.07, 6.45) is 4.17. The first-order chi connectivity index (χ1) is 9.47. The molecule has 0 bridgehead atoms. The van der Waals surface area contributed by atoms with Crippen LogP contribution in [0.3, 0.4) is 0 Å². The lowest BCUT2D eigenvalue weighted by molar-refractivity contribution is 0.102. The highest BCUT2D eigenvalue weighted by Crippen LogP contribution is 2.12. The van der Waals surface area contributed by atoms with Gasteiger partial charge in [-0.3, -0.25) is 4.79 Å². The van der Waals surface area contributed by atoms with Crippen LogP contribution in [0.1, 0.15) is 10.6 Å². The number of allylic oxidation sites excluding steroid dienone is 1. The van der Waals surface area contributed by atoms with Crippen molar-refractivity contribution < 1.29 is 17.6 Å². The largest absolute Gasteiger partial charge is 0.461 e. The average Bonchev–Trinajstić information content (AvgIpc) is 2.92. The summed E-state index contributed by atoms with van der Waals surface area (Å²) in [5.41, 5.74) is 0.626. The van der Waals surface area contributed by atoms with Gasteiger partial charge in [0.05, 0.1) is 11.2 Å². The van der Waals surface area contributed by atoms with Crippen molar-refractivity contribution in [2.75, 3.05) is 5.32 Å². The first-order valence-electron chi connectivity index (χ1n) is 5.60. The van der Waals surface area contributed by atoms with Crippen LogP contribution in [0.5, 0.6) is 0 Å². The van der Waals surface area contributed by atoms with Crippen molar-refractivity contribution in [2.45, 2.75) is 4.90 Å². The summed E-state index contributed by atoms with van der Waals surface area (Å²) < 4.78 is 27.1. The van der Waals surface area contributed by atoms with Gasteiger partial charge in [0.1, 0.15) is 0 Å². The lowest BCUT2D eigenvalue weighted by Crippen LogP contribution is -2.11. The van der Waals surface area contributed by atoms with E-state index in [1.54, 1.807) is 24.3 Å². The van der Waals surface area contributed by atoms with E-state index in [4.69, 9.17) is 9.56 Å². The Hall–Kier alpha value is -2.38. The Kier molecular flexibility index (Phi) is 4.02. The molecule has 104 valence electrons. The number of hydrogen-bond acceptors (Lipinski definition) is 5. The van der Waals surface area contributed by atoms with Crippen molar-refractivity contribution in [2.24, 2.45) is 5.14 Å². The Morgan fingerprint density at radius 3 is 2.45 bits per heavy atom. The van der Waals surface area contributed by atoms with Crippen LogP contribution in [0.4, 0.5) is 5.69 Å². The van der Waals surface area contributed by atoms with Gasteiger partial charge in [0.15, 0.2) is 5.76 Å². The summed E-state index contributed by atoms with van der Waals surface area (Å²) in [6.45, 7) is 0. The molecule has 0 aliphatic heterocycles. The summed E-state index contributed by atoms with van der Waals surface area (Å²) in [6, 6.07) is 9.02. The lowest BCUT2D eigenvalue weighted by atomic mass is 10.3. The SMILES string of the molecule is NS(=O)(=O)c1ccc(NC=CC(=O)c2ccco2)cc1. The summed E-state index contributed by atoms with van der Waals surface area (Å²) in [7, 11) is -3.70. The molecule has 20 heavy (non-hydrogen) atoms. The minimum atomic E-state index is -3.70. The molecule has 0 fully saturated rings. The predicted molar refractivity (Wildman–Crippen MR) is 73.6 cm³/mol. The highest BCUT2D eigenvalue weighted by atomic mass is 32.2. The van der Waals surface area contributed by atoms with Crippen LogP contribution in [0.25, 0.3) is 0 Å². The van der Waals surface area contributed by atoms with E-state index in [2.05, 4.69) is 5.32 Å². The Morgan fingerprint density at radius 1 is 1.20 bits per heavy atom. The summed E-state index contributed by atoms with van der Waals surface area (Å²) in [5, 5.41) is 7.82. The van der Waals surface area contributed by atoms with Crippen LogP contribution >= 0.6 is 0 Å². The lowest BCUT2D eigenvalue weighted by Gasteiger charge is -2.02. The molecule has 0 amide bonds. The number of carbonyl (C=O) groups excluding carboxylic acids is 1. The third-order valence-corrected chi connectivity index (χ3v) is 3.36. The monoisotopic (exact) mass is 292 g/mol. The Bertz CT molecular complexity index is 716. The molecular formula is C13H12N2O4S. The molecule has 2 rings (SSSR count). The number of benzene rings is 1. The number of ketones is 1. The molecule has 2 aromatic rings. The zero-order valence-electron chi connectivity index (χ0n) is 10.3. The van der Waals surface area contributed by atoms with Gasteiger partial charge < -0.3 is 9.73 Å². The molecule has 0 aliphatic carbocycles. The third kappa shape index (κ3) is 3.56. The average molecular weight is 292 g/mol. The fraction of sp³-hybridized carbons (Fsp3) is 0. The number of nitrogens with two attached hydrogens (primary N) is 1. The normalized spacial score (nSPS) is 11.7. The van der Waals surface area contributed by atoms with Crippen molar-refractivity contribution in [1.82, 2.24) is 0 Å². The van der Waals surface area contributed by atoms with Gasteiger partial charge in [0, 0.05) is 18.0 Å². The highest BCUT2D eigenvalue weighted by Gasteiger charge is 2.06. The Morgan fingerprint density at radius 2 is 1.90 bits per heavy atom. The zero-order chi connectivity index (χ0) is 14.6. The Balaban J connectivity index is 1.99. The van der Waals surface area contributed by atoms with Crippen molar-refractivity contribution in [3.05, 3.63) is 60.7 Å². The zero-order valence-corrected chi connectivity index (χ0v) is 11.1. The van der Waals surface area contributed by atoms with Gasteiger partial charge in [0.25, 0.3) is 0 Å². The molecule has 7 heteroatoms. The molecule has 0 radical (unpaired) electrons. The van der Waals surface area contributed by atoms with E-state index >= 15 is 0 Å². The van der Waals surface area contributed by atoms with Crippen molar-refractivity contribution in [1.29, 1.82) is 0 Å². The van der Waals surface area contributed by atoms with E-state index in [9.17, 15) is 13.2 Å². The van der Waals surface area contributed by atoms with Gasteiger partial charge in [-0.05, 0) is 36.4 Å². The van der Waals surface area contributed by atoms with E-state index < -0.39 is 10.0 Å². The summed E-state index contributed by atoms with van der Waals surface area (Å²) >= 11 is 0. The topological polar surface area (TPSA) is 102 Å². The van der Waals surface area contributed by atoms with Gasteiger partial charge >= 0.3 is 0 Å². The standard InChI is InChI=1S/C13H12N2O4S/c14-20(17,18)11-5-3-10(4-6-11)15-8-7-12(16)13-2-1-9-19-13/h1-9,15H,(H2,14,17,18). The van der Waals surface area contributed by atoms with Crippen LogP contribution in [0.15, 0.2) is 64.2 Å². The van der Waals surface area contributed by atoms with Gasteiger partial charge in [-0.2, -0.15) is 0 Å².